The van der Waals surface area contributed by atoms with Gasteiger partial charge >= 0.3 is 6.01 Å². The van der Waals surface area contributed by atoms with E-state index in [1.807, 2.05) is 60.9 Å². The van der Waals surface area contributed by atoms with E-state index in [-0.39, 0.29) is 18.3 Å². The second kappa shape index (κ2) is 8.27. The van der Waals surface area contributed by atoms with Crippen molar-refractivity contribution < 1.29 is 9.21 Å². The van der Waals surface area contributed by atoms with Crippen molar-refractivity contribution in [2.45, 2.75) is 17.7 Å². The number of benzene rings is 3. The summed E-state index contributed by atoms with van der Waals surface area (Å²) < 4.78 is 5.58. The Hall–Kier alpha value is -3.12. The maximum absolute atomic E-state index is 12.4. The number of rotatable bonds is 6. The number of aromatic nitrogens is 2. The lowest BCUT2D eigenvalue weighted by Gasteiger charge is -2.05. The van der Waals surface area contributed by atoms with Crippen LogP contribution in [0.25, 0.3) is 10.8 Å². The van der Waals surface area contributed by atoms with E-state index in [1.165, 1.54) is 4.90 Å². The summed E-state index contributed by atoms with van der Waals surface area (Å²) in [5, 5.41) is 12.8. The van der Waals surface area contributed by atoms with E-state index in [9.17, 15) is 4.79 Å². The van der Waals surface area contributed by atoms with Crippen molar-refractivity contribution in [3.05, 3.63) is 83.7 Å². The monoisotopic (exact) mass is 389 g/mol. The van der Waals surface area contributed by atoms with Gasteiger partial charge in [0.1, 0.15) is 0 Å². The second-order valence-electron chi connectivity index (χ2n) is 6.39. The minimum atomic E-state index is -0.184. The molecule has 1 amide bonds. The third kappa shape index (κ3) is 4.23. The van der Waals surface area contributed by atoms with Crippen LogP contribution in [0.1, 0.15) is 17.0 Å². The molecule has 0 unspecified atom stereocenters. The molecule has 5 nitrogen and oxygen atoms in total. The molecule has 0 bridgehead atoms. The number of amides is 1. The summed E-state index contributed by atoms with van der Waals surface area (Å²) in [6, 6.07) is 22.3. The minimum absolute atomic E-state index is 0.126. The van der Waals surface area contributed by atoms with Gasteiger partial charge in [-0.15, -0.1) is 16.9 Å². The van der Waals surface area contributed by atoms with Gasteiger partial charge < -0.3 is 4.42 Å². The molecular formula is C22H19N3O2S. The van der Waals surface area contributed by atoms with Gasteiger partial charge in [0.25, 0.3) is 0 Å². The standard InChI is InChI=1S/C22H19N3O2S/c1-28-18-11-9-15(10-12-18)13-21-24-25-22(27-21)23-20(26)14-17-7-4-6-16-5-2-3-8-19(16)17/h2-12H,13-14H2,1H3,(H,23,25,26). The maximum Gasteiger partial charge on any atom is 0.322 e. The van der Waals surface area contributed by atoms with Gasteiger partial charge in [-0.25, -0.2) is 0 Å². The highest BCUT2D eigenvalue weighted by atomic mass is 32.2. The van der Waals surface area contributed by atoms with Gasteiger partial charge in [-0.3, -0.25) is 10.1 Å². The highest BCUT2D eigenvalue weighted by Gasteiger charge is 2.12. The molecule has 1 N–H and O–H groups in total. The first-order valence-corrected chi connectivity index (χ1v) is 10.2. The number of nitrogens with one attached hydrogen (secondary N) is 1. The molecular weight excluding hydrogens is 370 g/mol. The van der Waals surface area contributed by atoms with Gasteiger partial charge in [0, 0.05) is 4.90 Å². The smallest absolute Gasteiger partial charge is 0.322 e. The number of hydrogen-bond acceptors (Lipinski definition) is 5. The molecule has 0 spiro atoms. The normalized spacial score (nSPS) is 10.9. The van der Waals surface area contributed by atoms with Crippen LogP contribution < -0.4 is 5.32 Å². The molecule has 0 radical (unpaired) electrons. The molecule has 0 aliphatic heterocycles. The molecule has 4 aromatic rings. The molecule has 3 aromatic carbocycles. The van der Waals surface area contributed by atoms with Crippen molar-refractivity contribution in [2.24, 2.45) is 0 Å². The van der Waals surface area contributed by atoms with E-state index < -0.39 is 0 Å². The Morgan fingerprint density at radius 2 is 1.79 bits per heavy atom. The fourth-order valence-corrected chi connectivity index (χ4v) is 3.48. The first-order chi connectivity index (χ1) is 13.7. The average Bonchev–Trinajstić information content (AvgIpc) is 3.15. The zero-order valence-corrected chi connectivity index (χ0v) is 16.2. The van der Waals surface area contributed by atoms with Gasteiger partial charge in [0.2, 0.25) is 11.8 Å². The maximum atomic E-state index is 12.4. The predicted molar refractivity (Wildman–Crippen MR) is 112 cm³/mol. The molecule has 0 saturated heterocycles. The summed E-state index contributed by atoms with van der Waals surface area (Å²) in [6.07, 6.45) is 2.82. The first-order valence-electron chi connectivity index (χ1n) is 8.93. The van der Waals surface area contributed by atoms with Crippen molar-refractivity contribution in [3.8, 4) is 0 Å². The fourth-order valence-electron chi connectivity index (χ4n) is 3.08. The first kappa shape index (κ1) is 18.3. The van der Waals surface area contributed by atoms with E-state index in [0.717, 1.165) is 21.9 Å². The third-order valence-corrected chi connectivity index (χ3v) is 5.20. The number of hydrogen-bond donors (Lipinski definition) is 1. The SMILES string of the molecule is CSc1ccc(Cc2nnc(NC(=O)Cc3cccc4ccccc34)o2)cc1. The quantitative estimate of drug-likeness (QED) is 0.484. The topological polar surface area (TPSA) is 68.0 Å². The molecule has 28 heavy (non-hydrogen) atoms. The Balaban J connectivity index is 1.41. The van der Waals surface area contributed by atoms with Gasteiger partial charge in [0.05, 0.1) is 12.8 Å². The van der Waals surface area contributed by atoms with Crippen LogP contribution in [0.4, 0.5) is 6.01 Å². The van der Waals surface area contributed by atoms with Crippen molar-refractivity contribution in [2.75, 3.05) is 11.6 Å². The third-order valence-electron chi connectivity index (χ3n) is 4.46. The Labute approximate surface area is 167 Å². The minimum Gasteiger partial charge on any atom is -0.407 e. The lowest BCUT2D eigenvalue weighted by atomic mass is 10.0. The lowest BCUT2D eigenvalue weighted by molar-refractivity contribution is -0.115. The molecule has 0 fully saturated rings. The van der Waals surface area contributed by atoms with Gasteiger partial charge in [-0.1, -0.05) is 59.7 Å². The van der Waals surface area contributed by atoms with E-state index >= 15 is 0 Å². The molecule has 1 aromatic heterocycles. The van der Waals surface area contributed by atoms with E-state index in [2.05, 4.69) is 27.6 Å². The van der Waals surface area contributed by atoms with Crippen LogP contribution in [-0.2, 0) is 17.6 Å². The Morgan fingerprint density at radius 3 is 2.61 bits per heavy atom. The van der Waals surface area contributed by atoms with E-state index in [0.29, 0.717) is 12.3 Å². The number of anilines is 1. The predicted octanol–water partition coefficient (Wildman–Crippen LogP) is 4.72. The second-order valence-corrected chi connectivity index (χ2v) is 7.27. The summed E-state index contributed by atoms with van der Waals surface area (Å²) in [7, 11) is 0. The molecule has 1 heterocycles. The molecule has 6 heteroatoms. The summed E-state index contributed by atoms with van der Waals surface area (Å²) in [6.45, 7) is 0. The lowest BCUT2D eigenvalue weighted by Crippen LogP contribution is -2.14. The van der Waals surface area contributed by atoms with Crippen molar-refractivity contribution in [3.63, 3.8) is 0 Å². The number of thioether (sulfide) groups is 1. The molecule has 0 atom stereocenters. The largest absolute Gasteiger partial charge is 0.407 e. The van der Waals surface area contributed by atoms with Crippen molar-refractivity contribution in [1.82, 2.24) is 10.2 Å². The summed E-state index contributed by atoms with van der Waals surface area (Å²) in [5.74, 6) is 0.285. The Morgan fingerprint density at radius 1 is 1.00 bits per heavy atom. The average molecular weight is 389 g/mol. The van der Waals surface area contributed by atoms with Crippen LogP contribution in [-0.4, -0.2) is 22.4 Å². The van der Waals surface area contributed by atoms with E-state index in [4.69, 9.17) is 4.42 Å². The van der Waals surface area contributed by atoms with E-state index in [1.54, 1.807) is 11.8 Å². The van der Waals surface area contributed by atoms with Crippen LogP contribution in [0.2, 0.25) is 0 Å². The number of nitrogens with zero attached hydrogens (tertiary/aromatic N) is 2. The highest BCUT2D eigenvalue weighted by molar-refractivity contribution is 7.98. The van der Waals surface area contributed by atoms with Gasteiger partial charge in [0.15, 0.2) is 0 Å². The molecule has 140 valence electrons. The molecule has 0 saturated carbocycles. The van der Waals surface area contributed by atoms with Crippen molar-refractivity contribution >= 4 is 34.5 Å². The number of carbonyl (C=O) groups excluding carboxylic acids is 1. The molecule has 0 aliphatic carbocycles. The van der Waals surface area contributed by atoms with Crippen LogP contribution in [0.3, 0.4) is 0 Å². The summed E-state index contributed by atoms with van der Waals surface area (Å²) in [5.41, 5.74) is 2.04. The number of fused-ring (bicyclic) bond motifs is 1. The van der Waals surface area contributed by atoms with Gasteiger partial charge in [-0.05, 0) is 40.3 Å². The fraction of sp³-hybridized carbons (Fsp3) is 0.136. The summed E-state index contributed by atoms with van der Waals surface area (Å²) >= 11 is 1.70. The van der Waals surface area contributed by atoms with Crippen LogP contribution in [0.5, 0.6) is 0 Å². The zero-order valence-electron chi connectivity index (χ0n) is 15.4. The van der Waals surface area contributed by atoms with Crippen LogP contribution >= 0.6 is 11.8 Å². The molecule has 4 rings (SSSR count). The number of carbonyl (C=O) groups is 1. The van der Waals surface area contributed by atoms with Crippen LogP contribution in [0, 0.1) is 0 Å². The Bertz CT molecular complexity index is 1100. The van der Waals surface area contributed by atoms with Gasteiger partial charge in [-0.2, -0.15) is 0 Å². The zero-order chi connectivity index (χ0) is 19.3. The summed E-state index contributed by atoms with van der Waals surface area (Å²) in [4.78, 5) is 13.6. The van der Waals surface area contributed by atoms with Crippen molar-refractivity contribution in [1.29, 1.82) is 0 Å². The highest BCUT2D eigenvalue weighted by Crippen LogP contribution is 2.20. The molecule has 0 aliphatic rings. The van der Waals surface area contributed by atoms with Crippen LogP contribution in [0.15, 0.2) is 76.0 Å². The Kier molecular flexibility index (Phi) is 5.39.